The SMILES string of the molecule is CCCS(=O)(=O)Nc1cccc(C(=O)OCC)c1. The molecular formula is C12H17NO4S. The number of nitrogens with one attached hydrogen (secondary N) is 1. The van der Waals surface area contributed by atoms with E-state index in [4.69, 9.17) is 4.74 Å². The molecule has 0 amide bonds. The van der Waals surface area contributed by atoms with Crippen LogP contribution in [0.15, 0.2) is 24.3 Å². The molecule has 0 saturated heterocycles. The van der Waals surface area contributed by atoms with E-state index in [0.717, 1.165) is 0 Å². The van der Waals surface area contributed by atoms with E-state index in [1.807, 2.05) is 0 Å². The summed E-state index contributed by atoms with van der Waals surface area (Å²) in [4.78, 5) is 11.5. The molecule has 1 aromatic rings. The first-order chi connectivity index (χ1) is 8.48. The van der Waals surface area contributed by atoms with Crippen LogP contribution in [0.25, 0.3) is 0 Å². The first-order valence-corrected chi connectivity index (χ1v) is 7.41. The number of carbonyl (C=O) groups excluding carboxylic acids is 1. The van der Waals surface area contributed by atoms with E-state index in [1.165, 1.54) is 6.07 Å². The van der Waals surface area contributed by atoms with E-state index in [0.29, 0.717) is 17.7 Å². The zero-order chi connectivity index (χ0) is 13.6. The van der Waals surface area contributed by atoms with Gasteiger partial charge in [-0.3, -0.25) is 4.72 Å². The van der Waals surface area contributed by atoms with Gasteiger partial charge in [-0.2, -0.15) is 0 Å². The highest BCUT2D eigenvalue weighted by atomic mass is 32.2. The zero-order valence-corrected chi connectivity index (χ0v) is 11.3. The van der Waals surface area contributed by atoms with Crippen molar-refractivity contribution in [1.29, 1.82) is 0 Å². The second-order valence-electron chi connectivity index (χ2n) is 3.72. The van der Waals surface area contributed by atoms with Gasteiger partial charge in [0.05, 0.1) is 17.9 Å². The average molecular weight is 271 g/mol. The maximum Gasteiger partial charge on any atom is 0.338 e. The maximum absolute atomic E-state index is 11.6. The van der Waals surface area contributed by atoms with Crippen molar-refractivity contribution in [3.63, 3.8) is 0 Å². The Labute approximate surface area is 107 Å². The van der Waals surface area contributed by atoms with Gasteiger partial charge in [0, 0.05) is 5.69 Å². The molecule has 0 spiro atoms. The molecule has 0 fully saturated rings. The summed E-state index contributed by atoms with van der Waals surface area (Å²) >= 11 is 0. The smallest absolute Gasteiger partial charge is 0.338 e. The molecule has 0 saturated carbocycles. The molecule has 0 radical (unpaired) electrons. The number of hydrogen-bond acceptors (Lipinski definition) is 4. The van der Waals surface area contributed by atoms with E-state index in [1.54, 1.807) is 32.0 Å². The second-order valence-corrected chi connectivity index (χ2v) is 5.56. The van der Waals surface area contributed by atoms with Gasteiger partial charge in [0.1, 0.15) is 0 Å². The number of esters is 1. The fourth-order valence-corrected chi connectivity index (χ4v) is 2.55. The standard InChI is InChI=1S/C12H17NO4S/c1-3-8-18(15,16)13-11-7-5-6-10(9-11)12(14)17-4-2/h5-7,9,13H,3-4,8H2,1-2H3. The molecule has 0 atom stereocenters. The molecule has 100 valence electrons. The first kappa shape index (κ1) is 14.5. The van der Waals surface area contributed by atoms with E-state index < -0.39 is 16.0 Å². The number of ether oxygens (including phenoxy) is 1. The lowest BCUT2D eigenvalue weighted by Gasteiger charge is -2.08. The number of benzene rings is 1. The predicted octanol–water partition coefficient (Wildman–Crippen LogP) is 2.02. The molecule has 18 heavy (non-hydrogen) atoms. The highest BCUT2D eigenvalue weighted by Crippen LogP contribution is 2.13. The van der Waals surface area contributed by atoms with Gasteiger partial charge in [0.15, 0.2) is 0 Å². The van der Waals surface area contributed by atoms with Crippen molar-refractivity contribution in [1.82, 2.24) is 0 Å². The van der Waals surface area contributed by atoms with Gasteiger partial charge >= 0.3 is 5.97 Å². The Hall–Kier alpha value is -1.56. The van der Waals surface area contributed by atoms with E-state index in [-0.39, 0.29) is 12.4 Å². The minimum atomic E-state index is -3.34. The molecule has 0 aliphatic heterocycles. The second kappa shape index (κ2) is 6.39. The Morgan fingerprint density at radius 3 is 2.67 bits per heavy atom. The minimum absolute atomic E-state index is 0.0522. The van der Waals surface area contributed by atoms with Crippen LogP contribution in [-0.2, 0) is 14.8 Å². The van der Waals surface area contributed by atoms with Crippen LogP contribution >= 0.6 is 0 Å². The number of hydrogen-bond donors (Lipinski definition) is 1. The summed E-state index contributed by atoms with van der Waals surface area (Å²) < 4.78 is 30.4. The number of sulfonamides is 1. The molecule has 0 aliphatic carbocycles. The van der Waals surface area contributed by atoms with Gasteiger partial charge in [-0.15, -0.1) is 0 Å². The van der Waals surface area contributed by atoms with Crippen LogP contribution in [0.5, 0.6) is 0 Å². The molecule has 0 unspecified atom stereocenters. The average Bonchev–Trinajstić information content (AvgIpc) is 2.28. The number of anilines is 1. The molecule has 0 bridgehead atoms. The molecule has 5 nitrogen and oxygen atoms in total. The largest absolute Gasteiger partial charge is 0.462 e. The third-order valence-electron chi connectivity index (χ3n) is 2.12. The quantitative estimate of drug-likeness (QED) is 0.803. The Balaban J connectivity index is 2.86. The van der Waals surface area contributed by atoms with Crippen molar-refractivity contribution >= 4 is 21.7 Å². The third-order valence-corrected chi connectivity index (χ3v) is 3.61. The zero-order valence-electron chi connectivity index (χ0n) is 10.5. The van der Waals surface area contributed by atoms with Gasteiger partial charge < -0.3 is 4.74 Å². The number of rotatable bonds is 6. The number of carbonyl (C=O) groups is 1. The molecule has 0 aromatic heterocycles. The topological polar surface area (TPSA) is 72.5 Å². The molecule has 0 aliphatic rings. The minimum Gasteiger partial charge on any atom is -0.462 e. The van der Waals surface area contributed by atoms with Crippen LogP contribution in [0.1, 0.15) is 30.6 Å². The lowest BCUT2D eigenvalue weighted by atomic mass is 10.2. The first-order valence-electron chi connectivity index (χ1n) is 5.76. The Bertz CT molecular complexity index is 511. The molecule has 1 aromatic carbocycles. The van der Waals surface area contributed by atoms with Crippen molar-refractivity contribution in [3.05, 3.63) is 29.8 Å². The summed E-state index contributed by atoms with van der Waals surface area (Å²) in [5.74, 6) is -0.412. The van der Waals surface area contributed by atoms with Crippen molar-refractivity contribution in [3.8, 4) is 0 Å². The molecule has 0 heterocycles. The van der Waals surface area contributed by atoms with Gasteiger partial charge in [0.2, 0.25) is 10.0 Å². The summed E-state index contributed by atoms with van der Waals surface area (Å²) in [5.41, 5.74) is 0.697. The van der Waals surface area contributed by atoms with Gasteiger partial charge in [0.25, 0.3) is 0 Å². The lowest BCUT2D eigenvalue weighted by Crippen LogP contribution is -2.16. The van der Waals surface area contributed by atoms with Crippen LogP contribution < -0.4 is 4.72 Å². The van der Waals surface area contributed by atoms with Crippen LogP contribution in [0, 0.1) is 0 Å². The van der Waals surface area contributed by atoms with Crippen LogP contribution in [-0.4, -0.2) is 26.7 Å². The highest BCUT2D eigenvalue weighted by molar-refractivity contribution is 7.92. The van der Waals surface area contributed by atoms with Gasteiger partial charge in [-0.05, 0) is 31.5 Å². The van der Waals surface area contributed by atoms with Gasteiger partial charge in [-0.1, -0.05) is 13.0 Å². The summed E-state index contributed by atoms with van der Waals surface area (Å²) in [5, 5.41) is 0. The predicted molar refractivity (Wildman–Crippen MR) is 70.1 cm³/mol. The van der Waals surface area contributed by atoms with Crippen LogP contribution in [0.3, 0.4) is 0 Å². The summed E-state index contributed by atoms with van der Waals surface area (Å²) in [7, 11) is -3.34. The lowest BCUT2D eigenvalue weighted by molar-refractivity contribution is 0.0526. The normalized spacial score (nSPS) is 11.0. The monoisotopic (exact) mass is 271 g/mol. The van der Waals surface area contributed by atoms with E-state index >= 15 is 0 Å². The van der Waals surface area contributed by atoms with Crippen LogP contribution in [0.2, 0.25) is 0 Å². The molecule has 6 heteroatoms. The Morgan fingerprint density at radius 2 is 2.06 bits per heavy atom. The summed E-state index contributed by atoms with van der Waals surface area (Å²) in [6.07, 6.45) is 0.535. The van der Waals surface area contributed by atoms with Crippen molar-refractivity contribution < 1.29 is 17.9 Å². The third kappa shape index (κ3) is 4.37. The summed E-state index contributed by atoms with van der Waals surface area (Å²) in [6, 6.07) is 6.24. The molecule has 1 rings (SSSR count). The van der Waals surface area contributed by atoms with Crippen molar-refractivity contribution in [2.75, 3.05) is 17.1 Å². The van der Waals surface area contributed by atoms with Crippen molar-refractivity contribution in [2.45, 2.75) is 20.3 Å². The van der Waals surface area contributed by atoms with Crippen LogP contribution in [0.4, 0.5) is 5.69 Å². The Kier molecular flexibility index (Phi) is 5.15. The van der Waals surface area contributed by atoms with Crippen molar-refractivity contribution in [2.24, 2.45) is 0 Å². The molecule has 1 N–H and O–H groups in total. The highest BCUT2D eigenvalue weighted by Gasteiger charge is 2.11. The molecular weight excluding hydrogens is 254 g/mol. The Morgan fingerprint density at radius 1 is 1.33 bits per heavy atom. The fourth-order valence-electron chi connectivity index (χ4n) is 1.42. The van der Waals surface area contributed by atoms with E-state index in [9.17, 15) is 13.2 Å². The van der Waals surface area contributed by atoms with E-state index in [2.05, 4.69) is 4.72 Å². The fraction of sp³-hybridized carbons (Fsp3) is 0.417. The maximum atomic E-state index is 11.6. The summed E-state index contributed by atoms with van der Waals surface area (Å²) in [6.45, 7) is 3.78. The van der Waals surface area contributed by atoms with Gasteiger partial charge in [-0.25, -0.2) is 13.2 Å².